The summed E-state index contributed by atoms with van der Waals surface area (Å²) in [7, 11) is 0. The first-order chi connectivity index (χ1) is 10.7. The van der Waals surface area contributed by atoms with E-state index in [0.29, 0.717) is 23.8 Å². The van der Waals surface area contributed by atoms with E-state index in [2.05, 4.69) is 11.9 Å². The van der Waals surface area contributed by atoms with Crippen LogP contribution in [-0.2, 0) is 14.3 Å². The van der Waals surface area contributed by atoms with Gasteiger partial charge in [0.25, 0.3) is 0 Å². The Morgan fingerprint density at radius 1 is 1.30 bits per heavy atom. The molecule has 0 radical (unpaired) electrons. The van der Waals surface area contributed by atoms with Gasteiger partial charge in [0.1, 0.15) is 6.61 Å². The molecular formula is C18H27NO4. The lowest BCUT2D eigenvalue weighted by molar-refractivity contribution is -0.178. The van der Waals surface area contributed by atoms with Crippen LogP contribution in [-0.4, -0.2) is 35.2 Å². The molecule has 1 amide bonds. The zero-order valence-electron chi connectivity index (χ0n) is 14.1. The Bertz CT molecular complexity index is 527. The van der Waals surface area contributed by atoms with Crippen molar-refractivity contribution in [3.05, 3.63) is 12.2 Å². The van der Waals surface area contributed by atoms with Crippen LogP contribution in [0.25, 0.3) is 0 Å². The standard InChI is InChI=1S/C18H27NO4/c1-11(2)15(20)23-9-12(3)19-16(21)17-5-13-4-14(6-17)8-18(22,7-13)10-17/h12-14,22H,1,4-10H2,2-3H3,(H,19,21). The summed E-state index contributed by atoms with van der Waals surface area (Å²) in [6, 6.07) is -0.242. The lowest BCUT2D eigenvalue weighted by atomic mass is 9.47. The molecule has 0 heterocycles. The Labute approximate surface area is 137 Å². The van der Waals surface area contributed by atoms with Gasteiger partial charge in [-0.05, 0) is 64.2 Å². The number of ether oxygens (including phenoxy) is 1. The molecule has 0 aromatic heterocycles. The molecule has 3 atom stereocenters. The second-order valence-electron chi connectivity index (χ2n) is 8.22. The van der Waals surface area contributed by atoms with Crippen molar-refractivity contribution in [3.63, 3.8) is 0 Å². The minimum absolute atomic E-state index is 0.0175. The highest BCUT2D eigenvalue weighted by molar-refractivity contribution is 5.87. The largest absolute Gasteiger partial charge is 0.460 e. The second-order valence-corrected chi connectivity index (χ2v) is 8.22. The van der Waals surface area contributed by atoms with Crippen LogP contribution in [0.15, 0.2) is 12.2 Å². The summed E-state index contributed by atoms with van der Waals surface area (Å²) in [5.41, 5.74) is -0.713. The van der Waals surface area contributed by atoms with Gasteiger partial charge in [-0.15, -0.1) is 0 Å². The summed E-state index contributed by atoms with van der Waals surface area (Å²) < 4.78 is 5.10. The van der Waals surface area contributed by atoms with Gasteiger partial charge in [-0.3, -0.25) is 4.79 Å². The number of aliphatic hydroxyl groups is 1. The molecule has 4 fully saturated rings. The number of rotatable bonds is 5. The van der Waals surface area contributed by atoms with Crippen molar-refractivity contribution < 1.29 is 19.4 Å². The molecule has 4 aliphatic carbocycles. The SMILES string of the molecule is C=C(C)C(=O)OCC(C)NC(=O)C12CC3CC(CC(O)(C3)C1)C2. The van der Waals surface area contributed by atoms with E-state index in [9.17, 15) is 14.7 Å². The highest BCUT2D eigenvalue weighted by Crippen LogP contribution is 2.61. The number of carbonyl (C=O) groups is 2. The average molecular weight is 321 g/mol. The van der Waals surface area contributed by atoms with E-state index >= 15 is 0 Å². The minimum atomic E-state index is -0.642. The van der Waals surface area contributed by atoms with Crippen LogP contribution < -0.4 is 5.32 Å². The van der Waals surface area contributed by atoms with Crippen LogP contribution in [0.4, 0.5) is 0 Å². The van der Waals surface area contributed by atoms with E-state index in [4.69, 9.17) is 4.74 Å². The molecule has 2 N–H and O–H groups in total. The molecule has 0 saturated heterocycles. The molecule has 128 valence electrons. The van der Waals surface area contributed by atoms with Crippen molar-refractivity contribution in [2.45, 2.75) is 64.0 Å². The van der Waals surface area contributed by atoms with Crippen LogP contribution >= 0.6 is 0 Å². The van der Waals surface area contributed by atoms with Gasteiger partial charge in [0.2, 0.25) is 5.91 Å². The number of nitrogens with one attached hydrogen (secondary N) is 1. The molecular weight excluding hydrogens is 294 g/mol. The van der Waals surface area contributed by atoms with Gasteiger partial charge < -0.3 is 15.2 Å². The van der Waals surface area contributed by atoms with E-state index in [1.807, 2.05) is 6.92 Å². The molecule has 0 aromatic carbocycles. The maximum absolute atomic E-state index is 12.8. The molecule has 0 spiro atoms. The molecule has 4 bridgehead atoms. The Morgan fingerprint density at radius 3 is 2.43 bits per heavy atom. The Hall–Kier alpha value is -1.36. The third kappa shape index (κ3) is 3.16. The number of hydrogen-bond acceptors (Lipinski definition) is 4. The van der Waals surface area contributed by atoms with Crippen molar-refractivity contribution >= 4 is 11.9 Å². The van der Waals surface area contributed by atoms with Crippen molar-refractivity contribution in [1.82, 2.24) is 5.32 Å². The summed E-state index contributed by atoms with van der Waals surface area (Å²) in [5.74, 6) is 0.534. The van der Waals surface area contributed by atoms with Crippen molar-refractivity contribution in [1.29, 1.82) is 0 Å². The van der Waals surface area contributed by atoms with Crippen LogP contribution in [0, 0.1) is 17.3 Å². The van der Waals surface area contributed by atoms with Gasteiger partial charge in [-0.1, -0.05) is 6.58 Å². The molecule has 23 heavy (non-hydrogen) atoms. The zero-order valence-corrected chi connectivity index (χ0v) is 14.1. The molecule has 0 aromatic rings. The molecule has 4 aliphatic rings. The number of hydrogen-bond donors (Lipinski definition) is 2. The number of carbonyl (C=O) groups excluding carboxylic acids is 2. The van der Waals surface area contributed by atoms with Gasteiger partial charge in [-0.25, -0.2) is 4.79 Å². The zero-order chi connectivity index (χ0) is 16.8. The minimum Gasteiger partial charge on any atom is -0.460 e. The predicted molar refractivity (Wildman–Crippen MR) is 85.4 cm³/mol. The summed E-state index contributed by atoms with van der Waals surface area (Å²) in [6.07, 6.45) is 5.21. The topological polar surface area (TPSA) is 75.6 Å². The maximum Gasteiger partial charge on any atom is 0.333 e. The van der Waals surface area contributed by atoms with Crippen molar-refractivity contribution in [3.8, 4) is 0 Å². The van der Waals surface area contributed by atoms with Crippen molar-refractivity contribution in [2.24, 2.45) is 17.3 Å². The van der Waals surface area contributed by atoms with Gasteiger partial charge in [0, 0.05) is 5.57 Å². The van der Waals surface area contributed by atoms with E-state index in [-0.39, 0.29) is 18.6 Å². The van der Waals surface area contributed by atoms with Gasteiger partial charge in [-0.2, -0.15) is 0 Å². The first-order valence-electron chi connectivity index (χ1n) is 8.57. The maximum atomic E-state index is 12.8. The Morgan fingerprint density at radius 2 is 1.91 bits per heavy atom. The third-order valence-electron chi connectivity index (χ3n) is 5.70. The molecule has 4 saturated carbocycles. The molecule has 0 aliphatic heterocycles. The van der Waals surface area contributed by atoms with E-state index in [0.717, 1.165) is 32.1 Å². The van der Waals surface area contributed by atoms with Crippen LogP contribution in [0.5, 0.6) is 0 Å². The lowest BCUT2D eigenvalue weighted by Crippen LogP contribution is -2.61. The molecule has 3 unspecified atom stereocenters. The predicted octanol–water partition coefficient (Wildman–Crippen LogP) is 1.94. The fraction of sp³-hybridized carbons (Fsp3) is 0.778. The number of amides is 1. The number of esters is 1. The van der Waals surface area contributed by atoms with E-state index in [1.54, 1.807) is 6.92 Å². The molecule has 5 nitrogen and oxygen atoms in total. The van der Waals surface area contributed by atoms with Crippen LogP contribution in [0.3, 0.4) is 0 Å². The summed E-state index contributed by atoms with van der Waals surface area (Å²) in [5, 5.41) is 13.7. The monoisotopic (exact) mass is 321 g/mol. The summed E-state index contributed by atoms with van der Waals surface area (Å²) in [4.78, 5) is 24.3. The van der Waals surface area contributed by atoms with Gasteiger partial charge in [0.05, 0.1) is 17.1 Å². The Kier molecular flexibility index (Phi) is 4.03. The third-order valence-corrected chi connectivity index (χ3v) is 5.70. The van der Waals surface area contributed by atoms with E-state index in [1.165, 1.54) is 0 Å². The first-order valence-corrected chi connectivity index (χ1v) is 8.57. The fourth-order valence-electron chi connectivity index (χ4n) is 5.22. The molecule has 5 heteroatoms. The first kappa shape index (κ1) is 16.5. The average Bonchev–Trinajstić information content (AvgIpc) is 2.41. The van der Waals surface area contributed by atoms with Crippen molar-refractivity contribution in [2.75, 3.05) is 6.61 Å². The molecule has 4 rings (SSSR count). The summed E-state index contributed by atoms with van der Waals surface area (Å²) in [6.45, 7) is 7.11. The van der Waals surface area contributed by atoms with E-state index < -0.39 is 17.0 Å². The van der Waals surface area contributed by atoms with Gasteiger partial charge in [0.15, 0.2) is 0 Å². The normalized spacial score (nSPS) is 38.9. The van der Waals surface area contributed by atoms with Gasteiger partial charge >= 0.3 is 5.97 Å². The smallest absolute Gasteiger partial charge is 0.333 e. The van der Waals surface area contributed by atoms with Crippen LogP contribution in [0.2, 0.25) is 0 Å². The quantitative estimate of drug-likeness (QED) is 0.599. The second kappa shape index (κ2) is 5.62. The highest BCUT2D eigenvalue weighted by Gasteiger charge is 2.60. The summed E-state index contributed by atoms with van der Waals surface area (Å²) >= 11 is 0. The highest BCUT2D eigenvalue weighted by atomic mass is 16.5. The Balaban J connectivity index is 1.60. The fourth-order valence-corrected chi connectivity index (χ4v) is 5.22. The lowest BCUT2D eigenvalue weighted by Gasteiger charge is -2.59. The van der Waals surface area contributed by atoms with Crippen LogP contribution in [0.1, 0.15) is 52.4 Å².